The second-order valence-corrected chi connectivity index (χ2v) is 6.82. The Morgan fingerprint density at radius 2 is 1.93 bits per heavy atom. The molecule has 29 heavy (non-hydrogen) atoms. The molecule has 3 aromatic rings. The highest BCUT2D eigenvalue weighted by Crippen LogP contribution is 2.23. The lowest BCUT2D eigenvalue weighted by molar-refractivity contribution is -0.136. The van der Waals surface area contributed by atoms with Gasteiger partial charge in [-0.2, -0.15) is 5.10 Å². The van der Waals surface area contributed by atoms with Crippen molar-refractivity contribution < 1.29 is 18.7 Å². The summed E-state index contributed by atoms with van der Waals surface area (Å²) in [4.78, 5) is 24.4. The van der Waals surface area contributed by atoms with Crippen LogP contribution in [0.3, 0.4) is 0 Å². The predicted molar refractivity (Wildman–Crippen MR) is 104 cm³/mol. The third-order valence-electron chi connectivity index (χ3n) is 4.70. The number of anilines is 1. The van der Waals surface area contributed by atoms with Crippen LogP contribution in [0.2, 0.25) is 0 Å². The van der Waals surface area contributed by atoms with E-state index in [1.54, 1.807) is 42.6 Å². The van der Waals surface area contributed by atoms with Gasteiger partial charge in [0, 0.05) is 23.5 Å². The molecular formula is C21H19FN4O3. The second kappa shape index (κ2) is 8.14. The minimum atomic E-state index is -0.734. The fourth-order valence-electron chi connectivity index (χ4n) is 3.25. The van der Waals surface area contributed by atoms with Gasteiger partial charge in [-0.05, 0) is 61.2 Å². The van der Waals surface area contributed by atoms with E-state index >= 15 is 0 Å². The number of carbonyl (C=O) groups is 2. The molecule has 2 aromatic carbocycles. The maximum Gasteiger partial charge on any atom is 0.313 e. The third kappa shape index (κ3) is 4.60. The maximum absolute atomic E-state index is 13.2. The molecule has 1 aliphatic carbocycles. The molecule has 8 heteroatoms. The molecule has 2 amide bonds. The first-order valence-corrected chi connectivity index (χ1v) is 9.23. The predicted octanol–water partition coefficient (Wildman–Crippen LogP) is 2.95. The zero-order valence-electron chi connectivity index (χ0n) is 15.4. The van der Waals surface area contributed by atoms with Crippen LogP contribution in [0.5, 0.6) is 11.5 Å². The molecule has 0 saturated carbocycles. The average molecular weight is 394 g/mol. The van der Waals surface area contributed by atoms with Crippen molar-refractivity contribution in [2.75, 3.05) is 5.32 Å². The molecule has 148 valence electrons. The first-order chi connectivity index (χ1) is 14.1. The molecule has 7 nitrogen and oxygen atoms in total. The number of aromatic amines is 1. The van der Waals surface area contributed by atoms with Gasteiger partial charge in [0.25, 0.3) is 0 Å². The van der Waals surface area contributed by atoms with Crippen molar-refractivity contribution in [3.05, 3.63) is 71.8 Å². The van der Waals surface area contributed by atoms with E-state index in [0.717, 1.165) is 24.1 Å². The van der Waals surface area contributed by atoms with Gasteiger partial charge >= 0.3 is 11.8 Å². The van der Waals surface area contributed by atoms with Crippen LogP contribution >= 0.6 is 0 Å². The lowest BCUT2D eigenvalue weighted by Gasteiger charge is -2.22. The summed E-state index contributed by atoms with van der Waals surface area (Å²) in [6, 6.07) is 12.2. The molecule has 0 bridgehead atoms. The van der Waals surface area contributed by atoms with Crippen LogP contribution in [0.15, 0.2) is 54.7 Å². The summed E-state index contributed by atoms with van der Waals surface area (Å²) < 4.78 is 18.8. The van der Waals surface area contributed by atoms with Gasteiger partial charge in [-0.25, -0.2) is 4.39 Å². The number of ether oxygens (including phenoxy) is 1. The highest BCUT2D eigenvalue weighted by Gasteiger charge is 2.24. The van der Waals surface area contributed by atoms with Gasteiger partial charge < -0.3 is 15.4 Å². The Labute approximate surface area is 166 Å². The number of hydrogen-bond acceptors (Lipinski definition) is 4. The van der Waals surface area contributed by atoms with E-state index in [-0.39, 0.29) is 11.9 Å². The Morgan fingerprint density at radius 3 is 2.72 bits per heavy atom. The molecule has 0 aliphatic heterocycles. The molecule has 1 aromatic heterocycles. The zero-order valence-corrected chi connectivity index (χ0v) is 15.4. The summed E-state index contributed by atoms with van der Waals surface area (Å²) in [6.45, 7) is 0. The molecule has 0 saturated heterocycles. The van der Waals surface area contributed by atoms with Crippen LogP contribution in [0.1, 0.15) is 17.7 Å². The van der Waals surface area contributed by atoms with Crippen LogP contribution in [0.25, 0.3) is 0 Å². The monoisotopic (exact) mass is 394 g/mol. The van der Waals surface area contributed by atoms with E-state index in [9.17, 15) is 14.0 Å². The number of rotatable bonds is 4. The van der Waals surface area contributed by atoms with Gasteiger partial charge in [-0.1, -0.05) is 6.07 Å². The summed E-state index contributed by atoms with van der Waals surface area (Å²) in [5.74, 6) is -0.950. The van der Waals surface area contributed by atoms with Gasteiger partial charge in [0.05, 0.1) is 6.20 Å². The number of carbonyl (C=O) groups excluding carboxylic acids is 2. The number of aryl methyl sites for hydroxylation is 1. The number of nitrogens with one attached hydrogen (secondary N) is 3. The van der Waals surface area contributed by atoms with Gasteiger partial charge in [0.15, 0.2) is 0 Å². The third-order valence-corrected chi connectivity index (χ3v) is 4.70. The molecule has 1 aliphatic rings. The Morgan fingerprint density at radius 1 is 1.10 bits per heavy atom. The standard InChI is InChI=1S/C21H19FN4O3/c22-14-2-1-3-18(11-14)29-17-7-4-15(5-8-17)24-20(27)21(28)25-16-6-9-19-13(10-16)12-23-26-19/h1-5,7-8,11-12,16H,6,9-10H2,(H,23,26)(H,24,27)(H,25,28)/t16-/m0/s1. The smallest absolute Gasteiger partial charge is 0.313 e. The Bertz CT molecular complexity index is 1030. The highest BCUT2D eigenvalue weighted by molar-refractivity contribution is 6.39. The number of halogens is 1. The summed E-state index contributed by atoms with van der Waals surface area (Å²) in [5.41, 5.74) is 2.61. The molecule has 4 rings (SSSR count). The number of aromatic nitrogens is 2. The van der Waals surface area contributed by atoms with Crippen molar-refractivity contribution in [1.82, 2.24) is 15.5 Å². The van der Waals surface area contributed by atoms with Crippen molar-refractivity contribution in [1.29, 1.82) is 0 Å². The first-order valence-electron chi connectivity index (χ1n) is 9.23. The summed E-state index contributed by atoms with van der Waals surface area (Å²) in [5, 5.41) is 12.3. The van der Waals surface area contributed by atoms with Crippen LogP contribution in [-0.4, -0.2) is 28.1 Å². The van der Waals surface area contributed by atoms with Crippen molar-refractivity contribution >= 4 is 17.5 Å². The molecule has 0 fully saturated rings. The summed E-state index contributed by atoms with van der Waals surface area (Å²) >= 11 is 0. The van der Waals surface area contributed by atoms with Crippen molar-refractivity contribution in [2.45, 2.75) is 25.3 Å². The number of fused-ring (bicyclic) bond motifs is 1. The van der Waals surface area contributed by atoms with E-state index in [1.807, 2.05) is 0 Å². The van der Waals surface area contributed by atoms with Crippen LogP contribution in [0.4, 0.5) is 10.1 Å². The first kappa shape index (κ1) is 18.7. The highest BCUT2D eigenvalue weighted by atomic mass is 19.1. The normalized spacial score (nSPS) is 15.3. The number of H-pyrrole nitrogens is 1. The topological polar surface area (TPSA) is 96.1 Å². The Hall–Kier alpha value is -3.68. The van der Waals surface area contributed by atoms with E-state index < -0.39 is 11.8 Å². The number of benzene rings is 2. The van der Waals surface area contributed by atoms with E-state index in [1.165, 1.54) is 12.1 Å². The minimum Gasteiger partial charge on any atom is -0.457 e. The summed E-state index contributed by atoms with van der Waals surface area (Å²) in [6.07, 6.45) is 3.94. The number of amides is 2. The number of hydrogen-bond donors (Lipinski definition) is 3. The van der Waals surface area contributed by atoms with E-state index in [2.05, 4.69) is 20.8 Å². The Balaban J connectivity index is 1.30. The summed E-state index contributed by atoms with van der Waals surface area (Å²) in [7, 11) is 0. The number of nitrogens with zero attached hydrogens (tertiary/aromatic N) is 1. The minimum absolute atomic E-state index is 0.0969. The van der Waals surface area contributed by atoms with Gasteiger partial charge in [-0.3, -0.25) is 14.7 Å². The molecule has 3 N–H and O–H groups in total. The SMILES string of the molecule is O=C(Nc1ccc(Oc2cccc(F)c2)cc1)C(=O)N[C@H]1CCc2[nH]ncc2C1. The molecule has 0 radical (unpaired) electrons. The maximum atomic E-state index is 13.2. The van der Waals surface area contributed by atoms with Crippen molar-refractivity contribution in [2.24, 2.45) is 0 Å². The van der Waals surface area contributed by atoms with Crippen molar-refractivity contribution in [3.63, 3.8) is 0 Å². The average Bonchev–Trinajstić information content (AvgIpc) is 3.17. The lowest BCUT2D eigenvalue weighted by Crippen LogP contribution is -2.44. The second-order valence-electron chi connectivity index (χ2n) is 6.82. The molecular weight excluding hydrogens is 375 g/mol. The quantitative estimate of drug-likeness (QED) is 0.593. The van der Waals surface area contributed by atoms with E-state index in [0.29, 0.717) is 23.6 Å². The largest absolute Gasteiger partial charge is 0.457 e. The van der Waals surface area contributed by atoms with Gasteiger partial charge in [0.1, 0.15) is 17.3 Å². The lowest BCUT2D eigenvalue weighted by atomic mass is 9.93. The van der Waals surface area contributed by atoms with Crippen molar-refractivity contribution in [3.8, 4) is 11.5 Å². The fraction of sp³-hybridized carbons (Fsp3) is 0.190. The fourth-order valence-corrected chi connectivity index (χ4v) is 3.25. The van der Waals surface area contributed by atoms with Gasteiger partial charge in [0.2, 0.25) is 0 Å². The molecule has 0 unspecified atom stereocenters. The van der Waals surface area contributed by atoms with Gasteiger partial charge in [-0.15, -0.1) is 0 Å². The zero-order chi connectivity index (χ0) is 20.2. The van der Waals surface area contributed by atoms with E-state index in [4.69, 9.17) is 4.74 Å². The van der Waals surface area contributed by atoms with Crippen LogP contribution in [-0.2, 0) is 22.4 Å². The Kier molecular flexibility index (Phi) is 5.24. The molecule has 0 spiro atoms. The molecule has 1 heterocycles. The van der Waals surface area contributed by atoms with Crippen LogP contribution in [0, 0.1) is 5.82 Å². The van der Waals surface area contributed by atoms with Crippen LogP contribution < -0.4 is 15.4 Å². The molecule has 1 atom stereocenters.